The first-order valence-electron chi connectivity index (χ1n) is 7.65. The Balaban J connectivity index is 2.30. The largest absolute Gasteiger partial charge is 0.310 e. The van der Waals surface area contributed by atoms with Gasteiger partial charge in [-0.25, -0.2) is 0 Å². The molecule has 2 aromatic carbocycles. The van der Waals surface area contributed by atoms with E-state index in [9.17, 15) is 0 Å². The van der Waals surface area contributed by atoms with Crippen molar-refractivity contribution in [2.24, 2.45) is 0 Å². The highest BCUT2D eigenvalue weighted by molar-refractivity contribution is 9.10. The minimum Gasteiger partial charge on any atom is -0.310 e. The molecule has 0 radical (unpaired) electrons. The Morgan fingerprint density at radius 2 is 1.86 bits per heavy atom. The van der Waals surface area contributed by atoms with Gasteiger partial charge in [-0.2, -0.15) is 0 Å². The second kappa shape index (κ2) is 7.77. The van der Waals surface area contributed by atoms with E-state index >= 15 is 0 Å². The molecule has 0 fully saturated rings. The number of hydrogen-bond donors (Lipinski definition) is 1. The lowest BCUT2D eigenvalue weighted by molar-refractivity contribution is 0.526. The maximum atomic E-state index is 3.71. The summed E-state index contributed by atoms with van der Waals surface area (Å²) in [6.07, 6.45) is 2.17. The van der Waals surface area contributed by atoms with Crippen molar-refractivity contribution in [3.63, 3.8) is 0 Å². The average Bonchev–Trinajstić information content (AvgIpc) is 2.48. The summed E-state index contributed by atoms with van der Waals surface area (Å²) in [5, 5.41) is 3.70. The molecule has 0 aliphatic heterocycles. The van der Waals surface area contributed by atoms with Crippen LogP contribution in [0.3, 0.4) is 0 Å². The van der Waals surface area contributed by atoms with Crippen molar-refractivity contribution in [3.8, 4) is 0 Å². The van der Waals surface area contributed by atoms with Crippen molar-refractivity contribution in [1.82, 2.24) is 5.32 Å². The van der Waals surface area contributed by atoms with Gasteiger partial charge in [0.15, 0.2) is 0 Å². The van der Waals surface area contributed by atoms with Gasteiger partial charge in [0.2, 0.25) is 0 Å². The van der Waals surface area contributed by atoms with Crippen molar-refractivity contribution in [1.29, 1.82) is 0 Å². The Kier molecular flexibility index (Phi) is 6.01. The Hall–Kier alpha value is -1.12. The van der Waals surface area contributed by atoms with Crippen LogP contribution in [0.1, 0.15) is 41.6 Å². The lowest BCUT2D eigenvalue weighted by Crippen LogP contribution is -2.24. The minimum atomic E-state index is 0.348. The van der Waals surface area contributed by atoms with E-state index in [-0.39, 0.29) is 0 Å². The van der Waals surface area contributed by atoms with Gasteiger partial charge in [-0.1, -0.05) is 64.8 Å². The molecule has 0 aliphatic rings. The monoisotopic (exact) mass is 345 g/mol. The van der Waals surface area contributed by atoms with Crippen LogP contribution in [-0.4, -0.2) is 6.54 Å². The van der Waals surface area contributed by atoms with Crippen molar-refractivity contribution >= 4 is 15.9 Å². The lowest BCUT2D eigenvalue weighted by Gasteiger charge is -2.22. The third kappa shape index (κ3) is 4.42. The van der Waals surface area contributed by atoms with Gasteiger partial charge in [0.1, 0.15) is 0 Å². The molecule has 1 nitrogen and oxygen atoms in total. The molecule has 112 valence electrons. The Morgan fingerprint density at radius 3 is 2.57 bits per heavy atom. The average molecular weight is 346 g/mol. The molecule has 2 rings (SSSR count). The van der Waals surface area contributed by atoms with E-state index in [4.69, 9.17) is 0 Å². The second-order valence-corrected chi connectivity index (χ2v) is 6.52. The van der Waals surface area contributed by atoms with Crippen molar-refractivity contribution in [2.45, 2.75) is 39.7 Å². The van der Waals surface area contributed by atoms with Gasteiger partial charge in [-0.15, -0.1) is 0 Å². The van der Waals surface area contributed by atoms with E-state index < -0.39 is 0 Å². The topological polar surface area (TPSA) is 12.0 Å². The van der Waals surface area contributed by atoms with E-state index in [1.54, 1.807) is 0 Å². The lowest BCUT2D eigenvalue weighted by atomic mass is 9.95. The number of benzene rings is 2. The fourth-order valence-corrected chi connectivity index (χ4v) is 3.12. The molecule has 0 saturated carbocycles. The summed E-state index contributed by atoms with van der Waals surface area (Å²) in [6.45, 7) is 7.60. The fourth-order valence-electron chi connectivity index (χ4n) is 2.60. The van der Waals surface area contributed by atoms with Crippen LogP contribution >= 0.6 is 15.9 Å². The summed E-state index contributed by atoms with van der Waals surface area (Å²) < 4.78 is 1.19. The van der Waals surface area contributed by atoms with Crippen LogP contribution in [0.4, 0.5) is 0 Å². The minimum absolute atomic E-state index is 0.348. The van der Waals surface area contributed by atoms with Crippen molar-refractivity contribution in [2.75, 3.05) is 6.54 Å². The SMILES string of the molecule is CCCNC(Cc1ccccc1C)c1cc(C)ccc1Br. The van der Waals surface area contributed by atoms with E-state index in [0.717, 1.165) is 19.4 Å². The Morgan fingerprint density at radius 1 is 1.10 bits per heavy atom. The number of aryl methyl sites for hydroxylation is 2. The normalized spacial score (nSPS) is 12.4. The molecule has 0 spiro atoms. The zero-order chi connectivity index (χ0) is 15.2. The third-order valence-electron chi connectivity index (χ3n) is 3.85. The molecule has 0 amide bonds. The van der Waals surface area contributed by atoms with Crippen LogP contribution < -0.4 is 5.32 Å². The van der Waals surface area contributed by atoms with Crippen molar-refractivity contribution in [3.05, 3.63) is 69.2 Å². The maximum Gasteiger partial charge on any atom is 0.0372 e. The molecule has 0 aromatic heterocycles. The first-order valence-corrected chi connectivity index (χ1v) is 8.45. The predicted octanol–water partition coefficient (Wildman–Crippen LogP) is 5.35. The first kappa shape index (κ1) is 16.3. The molecule has 1 atom stereocenters. The number of rotatable bonds is 6. The number of halogens is 1. The van der Waals surface area contributed by atoms with Crippen LogP contribution in [-0.2, 0) is 6.42 Å². The molecule has 0 heterocycles. The molecule has 1 N–H and O–H groups in total. The molecule has 0 bridgehead atoms. The molecule has 1 unspecified atom stereocenters. The fraction of sp³-hybridized carbons (Fsp3) is 0.368. The standard InChI is InChI=1S/C19H24BrN/c1-4-11-21-19(13-16-8-6-5-7-15(16)3)17-12-14(2)9-10-18(17)20/h5-10,12,19,21H,4,11,13H2,1-3H3. The highest BCUT2D eigenvalue weighted by atomic mass is 79.9. The maximum absolute atomic E-state index is 3.71. The van der Waals surface area contributed by atoms with Gasteiger partial charge in [-0.3, -0.25) is 0 Å². The van der Waals surface area contributed by atoms with E-state index in [2.05, 4.69) is 84.5 Å². The van der Waals surface area contributed by atoms with E-state index in [1.807, 2.05) is 0 Å². The summed E-state index contributed by atoms with van der Waals surface area (Å²) in [7, 11) is 0. The summed E-state index contributed by atoms with van der Waals surface area (Å²) in [5.74, 6) is 0. The van der Waals surface area contributed by atoms with Gasteiger partial charge in [0.25, 0.3) is 0 Å². The molecule has 0 aliphatic carbocycles. The number of nitrogens with one attached hydrogen (secondary N) is 1. The van der Waals surface area contributed by atoms with Gasteiger partial charge in [0.05, 0.1) is 0 Å². The first-order chi connectivity index (χ1) is 10.1. The Labute approximate surface area is 136 Å². The van der Waals surface area contributed by atoms with Gasteiger partial charge in [-0.05, 0) is 56.0 Å². The van der Waals surface area contributed by atoms with E-state index in [0.29, 0.717) is 6.04 Å². The molecule has 2 heteroatoms. The van der Waals surface area contributed by atoms with Crippen LogP contribution in [0.2, 0.25) is 0 Å². The zero-order valence-corrected chi connectivity index (χ0v) is 14.7. The second-order valence-electron chi connectivity index (χ2n) is 5.66. The third-order valence-corrected chi connectivity index (χ3v) is 4.58. The highest BCUT2D eigenvalue weighted by Crippen LogP contribution is 2.28. The molecule has 2 aromatic rings. The summed E-state index contributed by atoms with van der Waals surface area (Å²) >= 11 is 3.71. The molecule has 0 saturated heterocycles. The Bertz CT molecular complexity index is 592. The van der Waals surface area contributed by atoms with Crippen LogP contribution in [0.5, 0.6) is 0 Å². The molecule has 21 heavy (non-hydrogen) atoms. The number of hydrogen-bond acceptors (Lipinski definition) is 1. The van der Waals surface area contributed by atoms with Gasteiger partial charge >= 0.3 is 0 Å². The van der Waals surface area contributed by atoms with Crippen LogP contribution in [0.15, 0.2) is 46.9 Å². The van der Waals surface area contributed by atoms with Crippen LogP contribution in [0.25, 0.3) is 0 Å². The van der Waals surface area contributed by atoms with Crippen molar-refractivity contribution < 1.29 is 0 Å². The van der Waals surface area contributed by atoms with Crippen LogP contribution in [0, 0.1) is 13.8 Å². The van der Waals surface area contributed by atoms with Gasteiger partial charge < -0.3 is 5.32 Å². The summed E-state index contributed by atoms with van der Waals surface area (Å²) in [5.41, 5.74) is 5.44. The van der Waals surface area contributed by atoms with E-state index in [1.165, 1.54) is 26.7 Å². The quantitative estimate of drug-likeness (QED) is 0.743. The van der Waals surface area contributed by atoms with Gasteiger partial charge in [0, 0.05) is 10.5 Å². The summed E-state index contributed by atoms with van der Waals surface area (Å²) in [6, 6.07) is 15.6. The molecular formula is C19H24BrN. The smallest absolute Gasteiger partial charge is 0.0372 e. The highest BCUT2D eigenvalue weighted by Gasteiger charge is 2.15. The summed E-state index contributed by atoms with van der Waals surface area (Å²) in [4.78, 5) is 0. The molecular weight excluding hydrogens is 322 g/mol. The predicted molar refractivity (Wildman–Crippen MR) is 94.8 cm³/mol. The zero-order valence-electron chi connectivity index (χ0n) is 13.1.